The van der Waals surface area contributed by atoms with E-state index in [9.17, 15) is 8.78 Å². The largest absolute Gasteiger partial charge is 0.497 e. The molecule has 0 saturated carbocycles. The van der Waals surface area contributed by atoms with Crippen molar-refractivity contribution in [3.05, 3.63) is 75.9 Å². The van der Waals surface area contributed by atoms with Gasteiger partial charge in [0.1, 0.15) is 29.0 Å². The first kappa shape index (κ1) is 21.4. The van der Waals surface area contributed by atoms with Gasteiger partial charge in [-0.05, 0) is 60.8 Å². The number of methoxy groups -OCH3 is 2. The van der Waals surface area contributed by atoms with Crippen molar-refractivity contribution >= 4 is 33.7 Å². The summed E-state index contributed by atoms with van der Waals surface area (Å²) >= 11 is 4.53. The number of anilines is 1. The summed E-state index contributed by atoms with van der Waals surface area (Å²) in [6.07, 6.45) is 1.14. The van der Waals surface area contributed by atoms with E-state index in [2.05, 4.69) is 20.9 Å². The summed E-state index contributed by atoms with van der Waals surface area (Å²) in [6, 6.07) is 11.5. The molecule has 0 aliphatic rings. The second kappa shape index (κ2) is 9.45. The minimum absolute atomic E-state index is 0.352. The van der Waals surface area contributed by atoms with Crippen molar-refractivity contribution in [2.75, 3.05) is 18.5 Å². The Bertz CT molecular complexity index is 1000. The molecular weight excluding hydrogens is 462 g/mol. The van der Waals surface area contributed by atoms with Crippen LogP contribution in [-0.4, -0.2) is 19.2 Å². The number of hydrogen-bond donors (Lipinski definition) is 0. The number of aryl methyl sites for hydroxylation is 1. The van der Waals surface area contributed by atoms with Crippen molar-refractivity contribution in [1.82, 2.24) is 4.98 Å². The molecule has 0 aliphatic carbocycles. The summed E-state index contributed by atoms with van der Waals surface area (Å²) in [5, 5.41) is 0. The highest BCUT2D eigenvalue weighted by molar-refractivity contribution is 9.10. The molecule has 3 rings (SSSR count). The molecule has 8 heteroatoms. The molecule has 0 fully saturated rings. The summed E-state index contributed by atoms with van der Waals surface area (Å²) in [6.45, 7) is 2.24. The Morgan fingerprint density at radius 3 is 2.52 bits per heavy atom. The normalized spacial score (nSPS) is 10.7. The fourth-order valence-electron chi connectivity index (χ4n) is 2.63. The first-order valence-corrected chi connectivity index (χ1v) is 10.2. The number of halogens is 3. The summed E-state index contributed by atoms with van der Waals surface area (Å²) < 4.78 is 41.1. The number of pyridine rings is 1. The molecule has 0 bridgehead atoms. The van der Waals surface area contributed by atoms with Crippen molar-refractivity contribution in [2.24, 2.45) is 0 Å². The molecule has 1 aromatic heterocycles. The summed E-state index contributed by atoms with van der Waals surface area (Å²) in [5.74, 6) is 0.991. The smallest absolute Gasteiger partial charge is 0.141 e. The lowest BCUT2D eigenvalue weighted by molar-refractivity contribution is 0.391. The van der Waals surface area contributed by atoms with Crippen LogP contribution < -0.4 is 13.8 Å². The Labute approximate surface area is 181 Å². The van der Waals surface area contributed by atoms with E-state index >= 15 is 0 Å². The molecule has 0 saturated heterocycles. The third kappa shape index (κ3) is 5.19. The molecule has 0 radical (unpaired) electrons. The average molecular weight is 481 g/mol. The monoisotopic (exact) mass is 480 g/mol. The van der Waals surface area contributed by atoms with Crippen LogP contribution in [0.25, 0.3) is 0 Å². The predicted molar refractivity (Wildman–Crippen MR) is 115 cm³/mol. The van der Waals surface area contributed by atoms with Gasteiger partial charge in [0.15, 0.2) is 0 Å². The van der Waals surface area contributed by atoms with Crippen LogP contribution in [0, 0.1) is 18.6 Å². The third-order valence-corrected chi connectivity index (χ3v) is 6.10. The summed E-state index contributed by atoms with van der Waals surface area (Å²) in [7, 11) is 3.15. The van der Waals surface area contributed by atoms with E-state index in [1.54, 1.807) is 36.7 Å². The number of aromatic nitrogens is 1. The van der Waals surface area contributed by atoms with Gasteiger partial charge < -0.3 is 9.47 Å². The zero-order valence-electron chi connectivity index (χ0n) is 16.1. The van der Waals surface area contributed by atoms with Crippen molar-refractivity contribution in [2.45, 2.75) is 18.4 Å². The maximum atomic E-state index is 14.6. The first-order chi connectivity index (χ1) is 13.9. The molecule has 2 aromatic carbocycles. The molecule has 3 aromatic rings. The lowest BCUT2D eigenvalue weighted by atomic mass is 10.2. The molecule has 0 N–H and O–H groups in total. The summed E-state index contributed by atoms with van der Waals surface area (Å²) in [5.41, 5.74) is 1.75. The van der Waals surface area contributed by atoms with E-state index in [4.69, 9.17) is 9.47 Å². The van der Waals surface area contributed by atoms with Gasteiger partial charge in [-0.25, -0.2) is 13.8 Å². The second-order valence-electron chi connectivity index (χ2n) is 6.17. The van der Waals surface area contributed by atoms with E-state index in [1.165, 1.54) is 24.1 Å². The molecule has 0 spiro atoms. The van der Waals surface area contributed by atoms with Crippen LogP contribution in [0.2, 0.25) is 0 Å². The van der Waals surface area contributed by atoms with Gasteiger partial charge in [0.2, 0.25) is 0 Å². The van der Waals surface area contributed by atoms with Crippen molar-refractivity contribution < 1.29 is 18.3 Å². The Morgan fingerprint density at radius 1 is 1.07 bits per heavy atom. The number of nitrogens with zero attached hydrogens (tertiary/aromatic N) is 2. The van der Waals surface area contributed by atoms with Gasteiger partial charge in [-0.3, -0.25) is 4.31 Å². The fourth-order valence-corrected chi connectivity index (χ4v) is 3.97. The first-order valence-electron chi connectivity index (χ1n) is 8.65. The van der Waals surface area contributed by atoms with Gasteiger partial charge in [0.25, 0.3) is 0 Å². The molecule has 0 aliphatic heterocycles. The van der Waals surface area contributed by atoms with Crippen molar-refractivity contribution in [3.8, 4) is 11.5 Å². The highest BCUT2D eigenvalue weighted by Gasteiger charge is 2.17. The van der Waals surface area contributed by atoms with Crippen LogP contribution >= 0.6 is 27.9 Å². The molecule has 29 heavy (non-hydrogen) atoms. The SMILES string of the molecule is COc1ccc(CN(Sc2cc(C)c(Br)cc2F)c2ccc(F)cn2)c(OC)c1. The number of benzene rings is 2. The Morgan fingerprint density at radius 2 is 1.86 bits per heavy atom. The van der Waals surface area contributed by atoms with Gasteiger partial charge in [0, 0.05) is 16.1 Å². The summed E-state index contributed by atoms with van der Waals surface area (Å²) in [4.78, 5) is 4.60. The minimum atomic E-state index is -0.439. The average Bonchev–Trinajstić information content (AvgIpc) is 2.72. The maximum absolute atomic E-state index is 14.6. The van der Waals surface area contributed by atoms with Gasteiger partial charge in [-0.1, -0.05) is 15.9 Å². The second-order valence-corrected chi connectivity index (χ2v) is 8.09. The highest BCUT2D eigenvalue weighted by Crippen LogP contribution is 2.35. The van der Waals surface area contributed by atoms with Gasteiger partial charge in [0.05, 0.1) is 31.9 Å². The standard InChI is InChI=1S/C21H19BrF2N2O2S/c1-13-8-20(18(24)10-17(13)22)29-26(21-7-5-15(23)11-25-21)12-14-4-6-16(27-2)9-19(14)28-3/h4-11H,12H2,1-3H3. The van der Waals surface area contributed by atoms with Crippen molar-refractivity contribution in [3.63, 3.8) is 0 Å². The number of ether oxygens (including phenoxy) is 2. The van der Waals surface area contributed by atoms with E-state index < -0.39 is 5.82 Å². The van der Waals surface area contributed by atoms with Gasteiger partial charge in [-0.2, -0.15) is 0 Å². The topological polar surface area (TPSA) is 34.6 Å². The Balaban J connectivity index is 1.98. The highest BCUT2D eigenvalue weighted by atomic mass is 79.9. The van der Waals surface area contributed by atoms with E-state index in [0.29, 0.717) is 33.2 Å². The molecule has 152 valence electrons. The molecule has 0 amide bonds. The number of hydrogen-bond acceptors (Lipinski definition) is 5. The van der Waals surface area contributed by atoms with Crippen LogP contribution in [0.5, 0.6) is 11.5 Å². The van der Waals surface area contributed by atoms with Crippen LogP contribution in [0.3, 0.4) is 0 Å². The van der Waals surface area contributed by atoms with Crippen LogP contribution in [-0.2, 0) is 6.54 Å². The third-order valence-electron chi connectivity index (χ3n) is 4.20. The minimum Gasteiger partial charge on any atom is -0.497 e. The molecular formula is C21H19BrF2N2O2S. The van der Waals surface area contributed by atoms with Gasteiger partial charge >= 0.3 is 0 Å². The zero-order chi connectivity index (χ0) is 21.0. The van der Waals surface area contributed by atoms with E-state index in [1.807, 2.05) is 19.1 Å². The van der Waals surface area contributed by atoms with Crippen LogP contribution in [0.15, 0.2) is 58.0 Å². The number of rotatable bonds is 7. The Hall–Kier alpha value is -2.32. The van der Waals surface area contributed by atoms with Gasteiger partial charge in [-0.15, -0.1) is 0 Å². The van der Waals surface area contributed by atoms with Crippen LogP contribution in [0.1, 0.15) is 11.1 Å². The van der Waals surface area contributed by atoms with E-state index in [0.717, 1.165) is 17.3 Å². The lowest BCUT2D eigenvalue weighted by Gasteiger charge is -2.24. The molecule has 4 nitrogen and oxygen atoms in total. The lowest BCUT2D eigenvalue weighted by Crippen LogP contribution is -2.16. The molecule has 0 unspecified atom stereocenters. The maximum Gasteiger partial charge on any atom is 0.141 e. The Kier molecular flexibility index (Phi) is 6.97. The zero-order valence-corrected chi connectivity index (χ0v) is 18.5. The molecule has 1 heterocycles. The predicted octanol–water partition coefficient (Wildman–Crippen LogP) is 6.16. The fraction of sp³-hybridized carbons (Fsp3) is 0.190. The quantitative estimate of drug-likeness (QED) is 0.378. The van der Waals surface area contributed by atoms with Crippen LogP contribution in [0.4, 0.5) is 14.6 Å². The molecule has 0 atom stereocenters. The van der Waals surface area contributed by atoms with Crippen molar-refractivity contribution in [1.29, 1.82) is 0 Å². The van der Waals surface area contributed by atoms with E-state index in [-0.39, 0.29) is 5.82 Å².